The maximum Gasteiger partial charge on any atom is 0.226 e. The van der Waals surface area contributed by atoms with Crippen molar-refractivity contribution in [2.24, 2.45) is 5.92 Å². The van der Waals surface area contributed by atoms with Crippen LogP contribution in [0.2, 0.25) is 5.28 Å². The molecule has 0 spiro atoms. The lowest BCUT2D eigenvalue weighted by Gasteiger charge is -2.33. The van der Waals surface area contributed by atoms with Gasteiger partial charge >= 0.3 is 0 Å². The van der Waals surface area contributed by atoms with Gasteiger partial charge in [-0.1, -0.05) is 6.07 Å². The first-order valence-electron chi connectivity index (χ1n) is 10.2. The Kier molecular flexibility index (Phi) is 6.41. The van der Waals surface area contributed by atoms with Crippen LogP contribution in [-0.2, 0) is 11.2 Å². The second-order valence-electron chi connectivity index (χ2n) is 7.43. The van der Waals surface area contributed by atoms with Gasteiger partial charge in [0.1, 0.15) is 5.52 Å². The van der Waals surface area contributed by atoms with Crippen molar-refractivity contribution in [3.63, 3.8) is 0 Å². The highest BCUT2D eigenvalue weighted by atomic mass is 35.5. The number of amides is 1. The number of carbonyl (C=O) groups is 1. The van der Waals surface area contributed by atoms with Crippen LogP contribution in [0, 0.1) is 5.92 Å². The molecule has 1 aromatic carbocycles. The summed E-state index contributed by atoms with van der Waals surface area (Å²) in [5, 5.41) is 3.22. The molecule has 1 fully saturated rings. The van der Waals surface area contributed by atoms with Gasteiger partial charge in [-0.15, -0.1) is 0 Å². The summed E-state index contributed by atoms with van der Waals surface area (Å²) in [6.07, 6.45) is 4.01. The number of carbonyl (C=O) groups excluding carboxylic acids is 1. The number of rotatable bonds is 7. The number of fused-ring (bicyclic) bond motifs is 1. The van der Waals surface area contributed by atoms with Crippen molar-refractivity contribution in [3.8, 4) is 11.5 Å². The Bertz CT molecular complexity index is 1070. The van der Waals surface area contributed by atoms with Crippen LogP contribution in [0.1, 0.15) is 18.4 Å². The minimum atomic E-state index is -0.120. The van der Waals surface area contributed by atoms with Crippen molar-refractivity contribution in [1.82, 2.24) is 25.3 Å². The fraction of sp³-hybridized carbons (Fsp3) is 0.429. The number of nitrogens with zero attached hydrogens (tertiary/aromatic N) is 4. The van der Waals surface area contributed by atoms with Crippen LogP contribution < -0.4 is 19.7 Å². The Hall–Kier alpha value is -3.07. The average Bonchev–Trinajstić information content (AvgIpc) is 3.26. The number of imidazole rings is 1. The molecule has 4 rings (SSSR count). The van der Waals surface area contributed by atoms with Gasteiger partial charge in [-0.2, -0.15) is 9.97 Å². The van der Waals surface area contributed by atoms with E-state index in [0.29, 0.717) is 42.5 Å². The summed E-state index contributed by atoms with van der Waals surface area (Å²) in [4.78, 5) is 30.6. The first-order valence-corrected chi connectivity index (χ1v) is 10.6. The highest BCUT2D eigenvalue weighted by Crippen LogP contribution is 2.29. The summed E-state index contributed by atoms with van der Waals surface area (Å²) < 4.78 is 10.6. The Morgan fingerprint density at radius 2 is 2.13 bits per heavy atom. The van der Waals surface area contributed by atoms with Gasteiger partial charge in [-0.05, 0) is 48.6 Å². The van der Waals surface area contributed by atoms with Crippen LogP contribution in [0.4, 0.5) is 5.82 Å². The molecule has 10 heteroatoms. The van der Waals surface area contributed by atoms with Crippen LogP contribution in [0.5, 0.6) is 11.5 Å². The standard InChI is InChI=1S/C21H25ClN6O3/c1-30-15-6-5-13(10-16(15)31-2)7-8-23-20(29)14-4-3-9-28(11-14)19-17-18(25-12-24-17)26-21(22)27-19/h5-6,10,12,14H,3-4,7-9,11H2,1-2H3,(H,23,29)(H,24,25,26,27)/t14-/m1/s1. The summed E-state index contributed by atoms with van der Waals surface area (Å²) in [7, 11) is 3.22. The number of nitrogens with one attached hydrogen (secondary N) is 2. The second kappa shape index (κ2) is 9.38. The molecule has 0 radical (unpaired) electrons. The quantitative estimate of drug-likeness (QED) is 0.539. The van der Waals surface area contributed by atoms with Gasteiger partial charge in [-0.25, -0.2) is 4.98 Å². The summed E-state index contributed by atoms with van der Waals surface area (Å²) in [5.41, 5.74) is 2.33. The summed E-state index contributed by atoms with van der Waals surface area (Å²) in [6.45, 7) is 1.93. The van der Waals surface area contributed by atoms with Crippen LogP contribution in [-0.4, -0.2) is 59.7 Å². The number of aromatic amines is 1. The molecule has 0 bridgehead atoms. The van der Waals surface area contributed by atoms with E-state index in [2.05, 4.69) is 30.2 Å². The van der Waals surface area contributed by atoms with Crippen molar-refractivity contribution in [3.05, 3.63) is 35.4 Å². The van der Waals surface area contributed by atoms with E-state index in [4.69, 9.17) is 21.1 Å². The van der Waals surface area contributed by atoms with Gasteiger partial charge in [0.2, 0.25) is 11.2 Å². The number of ether oxygens (including phenoxy) is 2. The van der Waals surface area contributed by atoms with Gasteiger partial charge in [0, 0.05) is 19.6 Å². The molecule has 1 aliphatic rings. The van der Waals surface area contributed by atoms with Crippen LogP contribution in [0.15, 0.2) is 24.5 Å². The van der Waals surface area contributed by atoms with Crippen molar-refractivity contribution in [1.29, 1.82) is 0 Å². The van der Waals surface area contributed by atoms with E-state index in [1.807, 2.05) is 18.2 Å². The van der Waals surface area contributed by atoms with Crippen molar-refractivity contribution < 1.29 is 14.3 Å². The van der Waals surface area contributed by atoms with Crippen molar-refractivity contribution in [2.75, 3.05) is 38.8 Å². The molecule has 164 valence electrons. The Morgan fingerprint density at radius 3 is 2.94 bits per heavy atom. The number of hydrogen-bond donors (Lipinski definition) is 2. The molecule has 2 aromatic heterocycles. The average molecular weight is 445 g/mol. The van der Waals surface area contributed by atoms with Gasteiger partial charge < -0.3 is 24.7 Å². The Balaban J connectivity index is 1.36. The molecule has 1 saturated heterocycles. The maximum absolute atomic E-state index is 12.8. The number of aromatic nitrogens is 4. The number of piperidine rings is 1. The zero-order valence-electron chi connectivity index (χ0n) is 17.5. The molecule has 2 N–H and O–H groups in total. The first-order chi connectivity index (χ1) is 15.1. The third-order valence-electron chi connectivity index (χ3n) is 5.49. The normalized spacial score (nSPS) is 16.4. The number of halogens is 1. The Morgan fingerprint density at radius 1 is 1.29 bits per heavy atom. The fourth-order valence-electron chi connectivity index (χ4n) is 3.91. The zero-order chi connectivity index (χ0) is 21.8. The molecule has 0 unspecified atom stereocenters. The molecule has 1 amide bonds. The Labute approximate surface area is 185 Å². The summed E-state index contributed by atoms with van der Waals surface area (Å²) >= 11 is 6.07. The third-order valence-corrected chi connectivity index (χ3v) is 5.66. The van der Waals surface area contributed by atoms with Gasteiger partial charge in [-0.3, -0.25) is 4.79 Å². The molecule has 1 aliphatic heterocycles. The van der Waals surface area contributed by atoms with Gasteiger partial charge in [0.15, 0.2) is 23.0 Å². The number of hydrogen-bond acceptors (Lipinski definition) is 7. The monoisotopic (exact) mass is 444 g/mol. The highest BCUT2D eigenvalue weighted by Gasteiger charge is 2.28. The van der Waals surface area contributed by atoms with E-state index in [9.17, 15) is 4.79 Å². The lowest BCUT2D eigenvalue weighted by atomic mass is 9.97. The zero-order valence-corrected chi connectivity index (χ0v) is 18.3. The summed E-state index contributed by atoms with van der Waals surface area (Å²) in [5.74, 6) is 1.99. The first kappa shape index (κ1) is 21.2. The molecular formula is C21H25ClN6O3. The molecule has 9 nitrogen and oxygen atoms in total. The molecule has 3 aromatic rings. The lowest BCUT2D eigenvalue weighted by Crippen LogP contribution is -2.44. The predicted octanol–water partition coefficient (Wildman–Crippen LogP) is 2.60. The topological polar surface area (TPSA) is 105 Å². The largest absolute Gasteiger partial charge is 0.493 e. The van der Waals surface area contributed by atoms with Crippen molar-refractivity contribution in [2.45, 2.75) is 19.3 Å². The van der Waals surface area contributed by atoms with Gasteiger partial charge in [0.25, 0.3) is 0 Å². The molecule has 1 atom stereocenters. The number of benzene rings is 1. The summed E-state index contributed by atoms with van der Waals surface area (Å²) in [6, 6.07) is 5.78. The van der Waals surface area contributed by atoms with E-state index in [1.54, 1.807) is 20.5 Å². The number of methoxy groups -OCH3 is 2. The highest BCUT2D eigenvalue weighted by molar-refractivity contribution is 6.28. The van der Waals surface area contributed by atoms with E-state index >= 15 is 0 Å². The van der Waals surface area contributed by atoms with E-state index < -0.39 is 0 Å². The smallest absolute Gasteiger partial charge is 0.226 e. The van der Waals surface area contributed by atoms with Crippen LogP contribution in [0.25, 0.3) is 11.2 Å². The second-order valence-corrected chi connectivity index (χ2v) is 7.77. The van der Waals surface area contributed by atoms with Crippen molar-refractivity contribution >= 4 is 34.5 Å². The minimum absolute atomic E-state index is 0.0474. The fourth-order valence-corrected chi connectivity index (χ4v) is 4.08. The molecule has 31 heavy (non-hydrogen) atoms. The van der Waals surface area contributed by atoms with E-state index in [0.717, 1.165) is 30.5 Å². The maximum atomic E-state index is 12.8. The van der Waals surface area contributed by atoms with Gasteiger partial charge in [0.05, 0.1) is 26.5 Å². The third kappa shape index (κ3) is 4.66. The number of anilines is 1. The van der Waals surface area contributed by atoms with E-state index in [1.165, 1.54) is 0 Å². The SMILES string of the molecule is COc1ccc(CCNC(=O)[C@@H]2CCCN(c3nc(Cl)nc4nc[nH]c34)C2)cc1OC. The van der Waals surface area contributed by atoms with E-state index in [-0.39, 0.29) is 17.1 Å². The molecule has 0 aliphatic carbocycles. The lowest BCUT2D eigenvalue weighted by molar-refractivity contribution is -0.125. The molecule has 3 heterocycles. The number of H-pyrrole nitrogens is 1. The predicted molar refractivity (Wildman–Crippen MR) is 118 cm³/mol. The van der Waals surface area contributed by atoms with Crippen LogP contribution in [0.3, 0.4) is 0 Å². The minimum Gasteiger partial charge on any atom is -0.493 e. The van der Waals surface area contributed by atoms with Crippen LogP contribution >= 0.6 is 11.6 Å². The molecular weight excluding hydrogens is 420 g/mol. The molecule has 0 saturated carbocycles.